The summed E-state index contributed by atoms with van der Waals surface area (Å²) in [5.74, 6) is 0.728. The van der Waals surface area contributed by atoms with E-state index in [0.717, 1.165) is 24.3 Å². The summed E-state index contributed by atoms with van der Waals surface area (Å²) in [7, 11) is 0. The van der Waals surface area contributed by atoms with E-state index in [4.69, 9.17) is 10.5 Å². The predicted octanol–water partition coefficient (Wildman–Crippen LogP) is 1.51. The number of aromatic nitrogens is 1. The lowest BCUT2D eigenvalue weighted by atomic mass is 10.3. The molecule has 0 amide bonds. The van der Waals surface area contributed by atoms with Gasteiger partial charge in [0.15, 0.2) is 0 Å². The molecule has 0 aromatic carbocycles. The van der Waals surface area contributed by atoms with Crippen LogP contribution in [0.4, 0.5) is 5.69 Å². The van der Waals surface area contributed by atoms with Crippen LogP contribution in [0, 0.1) is 6.92 Å². The van der Waals surface area contributed by atoms with Crippen LogP contribution >= 0.6 is 0 Å². The Morgan fingerprint density at radius 3 is 2.92 bits per heavy atom. The quantitative estimate of drug-likeness (QED) is 0.720. The molecule has 12 heavy (non-hydrogen) atoms. The third-order valence-electron chi connectivity index (χ3n) is 1.85. The number of rotatable bonds is 2. The first-order chi connectivity index (χ1) is 5.75. The summed E-state index contributed by atoms with van der Waals surface area (Å²) < 4.78 is 5.54. The molecule has 3 heteroatoms. The normalized spacial score (nSPS) is 16.1. The van der Waals surface area contributed by atoms with Crippen LogP contribution in [0.15, 0.2) is 12.3 Å². The molecule has 1 aromatic rings. The van der Waals surface area contributed by atoms with E-state index in [1.807, 2.05) is 13.0 Å². The highest BCUT2D eigenvalue weighted by atomic mass is 16.5. The molecule has 1 aromatic heterocycles. The van der Waals surface area contributed by atoms with Crippen molar-refractivity contribution < 1.29 is 4.74 Å². The van der Waals surface area contributed by atoms with Gasteiger partial charge in [-0.05, 0) is 25.8 Å². The number of nitrogens with zero attached hydrogens (tertiary/aromatic N) is 1. The van der Waals surface area contributed by atoms with Gasteiger partial charge >= 0.3 is 0 Å². The summed E-state index contributed by atoms with van der Waals surface area (Å²) in [5.41, 5.74) is 7.26. The molecule has 1 fully saturated rings. The summed E-state index contributed by atoms with van der Waals surface area (Å²) in [6.07, 6.45) is 4.35. The van der Waals surface area contributed by atoms with Crippen LogP contribution in [0.25, 0.3) is 0 Å². The molecule has 1 saturated carbocycles. The first kappa shape index (κ1) is 7.40. The number of nitrogens with two attached hydrogens (primary N) is 1. The van der Waals surface area contributed by atoms with E-state index in [2.05, 4.69) is 4.98 Å². The minimum atomic E-state index is 0.403. The molecule has 0 bridgehead atoms. The number of hydrogen-bond donors (Lipinski definition) is 1. The summed E-state index contributed by atoms with van der Waals surface area (Å²) >= 11 is 0. The Morgan fingerprint density at radius 2 is 2.33 bits per heavy atom. The van der Waals surface area contributed by atoms with Gasteiger partial charge in [0.1, 0.15) is 6.10 Å². The number of ether oxygens (including phenoxy) is 1. The summed E-state index contributed by atoms with van der Waals surface area (Å²) in [6, 6.07) is 1.88. The van der Waals surface area contributed by atoms with Gasteiger partial charge in [-0.15, -0.1) is 0 Å². The molecular weight excluding hydrogens is 152 g/mol. The Labute approximate surface area is 71.6 Å². The molecule has 0 radical (unpaired) electrons. The van der Waals surface area contributed by atoms with Crippen molar-refractivity contribution in [1.29, 1.82) is 0 Å². The van der Waals surface area contributed by atoms with Crippen LogP contribution in [-0.2, 0) is 0 Å². The number of anilines is 1. The molecule has 0 atom stereocenters. The maximum absolute atomic E-state index is 5.56. The minimum absolute atomic E-state index is 0.403. The minimum Gasteiger partial charge on any atom is -0.474 e. The van der Waals surface area contributed by atoms with Crippen molar-refractivity contribution in [3.8, 4) is 5.88 Å². The highest BCUT2D eigenvalue weighted by molar-refractivity contribution is 5.41. The fourth-order valence-electron chi connectivity index (χ4n) is 1.05. The van der Waals surface area contributed by atoms with Crippen molar-refractivity contribution >= 4 is 5.69 Å². The van der Waals surface area contributed by atoms with E-state index < -0.39 is 0 Å². The first-order valence-corrected chi connectivity index (χ1v) is 4.14. The molecule has 1 aliphatic carbocycles. The van der Waals surface area contributed by atoms with Crippen molar-refractivity contribution in [3.63, 3.8) is 0 Å². The van der Waals surface area contributed by atoms with Crippen LogP contribution in [0.1, 0.15) is 18.4 Å². The lowest BCUT2D eigenvalue weighted by Gasteiger charge is -2.06. The lowest BCUT2D eigenvalue weighted by molar-refractivity contribution is 0.289. The van der Waals surface area contributed by atoms with Gasteiger partial charge in [-0.3, -0.25) is 0 Å². The average molecular weight is 164 g/mol. The maximum Gasteiger partial charge on any atom is 0.216 e. The van der Waals surface area contributed by atoms with Crippen molar-refractivity contribution in [2.75, 3.05) is 5.73 Å². The molecule has 1 heterocycles. The van der Waals surface area contributed by atoms with Crippen molar-refractivity contribution in [2.45, 2.75) is 25.9 Å². The molecule has 1 aliphatic rings. The van der Waals surface area contributed by atoms with Crippen LogP contribution < -0.4 is 10.5 Å². The number of aryl methyl sites for hydroxylation is 1. The predicted molar refractivity (Wildman–Crippen MR) is 47.0 cm³/mol. The van der Waals surface area contributed by atoms with E-state index in [1.54, 1.807) is 6.20 Å². The highest BCUT2D eigenvalue weighted by Gasteiger charge is 2.24. The van der Waals surface area contributed by atoms with Crippen molar-refractivity contribution in [1.82, 2.24) is 4.98 Å². The molecule has 0 aliphatic heterocycles. The van der Waals surface area contributed by atoms with Gasteiger partial charge in [0.25, 0.3) is 0 Å². The van der Waals surface area contributed by atoms with Gasteiger partial charge < -0.3 is 10.5 Å². The molecular formula is C9H12N2O. The zero-order chi connectivity index (χ0) is 8.55. The van der Waals surface area contributed by atoms with E-state index >= 15 is 0 Å². The Bertz CT molecular complexity index is 295. The number of pyridine rings is 1. The van der Waals surface area contributed by atoms with Gasteiger partial charge in [0, 0.05) is 5.56 Å². The van der Waals surface area contributed by atoms with Crippen LogP contribution in [-0.4, -0.2) is 11.1 Å². The molecule has 2 rings (SSSR count). The van der Waals surface area contributed by atoms with Crippen LogP contribution in [0.2, 0.25) is 0 Å². The molecule has 0 saturated heterocycles. The van der Waals surface area contributed by atoms with Gasteiger partial charge in [0.05, 0.1) is 11.9 Å². The third kappa shape index (κ3) is 1.49. The largest absolute Gasteiger partial charge is 0.474 e. The Balaban J connectivity index is 2.18. The number of nitrogen functional groups attached to an aromatic ring is 1. The fourth-order valence-corrected chi connectivity index (χ4v) is 1.05. The second-order valence-corrected chi connectivity index (χ2v) is 3.21. The van der Waals surface area contributed by atoms with E-state index in [-0.39, 0.29) is 0 Å². The molecule has 3 nitrogen and oxygen atoms in total. The maximum atomic E-state index is 5.56. The first-order valence-electron chi connectivity index (χ1n) is 4.14. The zero-order valence-electron chi connectivity index (χ0n) is 7.08. The Kier molecular flexibility index (Phi) is 1.64. The lowest BCUT2D eigenvalue weighted by Crippen LogP contribution is -2.00. The summed E-state index contributed by atoms with van der Waals surface area (Å²) in [5, 5.41) is 0. The fraction of sp³-hybridized carbons (Fsp3) is 0.444. The van der Waals surface area contributed by atoms with Crippen molar-refractivity contribution in [2.24, 2.45) is 0 Å². The average Bonchev–Trinajstić information content (AvgIpc) is 2.79. The summed E-state index contributed by atoms with van der Waals surface area (Å²) in [4.78, 5) is 4.11. The molecule has 0 spiro atoms. The third-order valence-corrected chi connectivity index (χ3v) is 1.85. The summed E-state index contributed by atoms with van der Waals surface area (Å²) in [6.45, 7) is 1.96. The zero-order valence-corrected chi connectivity index (χ0v) is 7.08. The standard InChI is InChI=1S/C9H12N2O/c1-6-4-7(10)5-11-9(6)12-8-2-3-8/h4-5,8H,2-3,10H2,1H3. The van der Waals surface area contributed by atoms with E-state index in [0.29, 0.717) is 11.8 Å². The van der Waals surface area contributed by atoms with Gasteiger partial charge in [0.2, 0.25) is 5.88 Å². The highest BCUT2D eigenvalue weighted by Crippen LogP contribution is 2.27. The second-order valence-electron chi connectivity index (χ2n) is 3.21. The van der Waals surface area contributed by atoms with Crippen LogP contribution in [0.5, 0.6) is 5.88 Å². The smallest absolute Gasteiger partial charge is 0.216 e. The van der Waals surface area contributed by atoms with Gasteiger partial charge in [-0.25, -0.2) is 4.98 Å². The topological polar surface area (TPSA) is 48.1 Å². The van der Waals surface area contributed by atoms with Crippen molar-refractivity contribution in [3.05, 3.63) is 17.8 Å². The molecule has 64 valence electrons. The Morgan fingerprint density at radius 1 is 1.58 bits per heavy atom. The van der Waals surface area contributed by atoms with Crippen LogP contribution in [0.3, 0.4) is 0 Å². The van der Waals surface area contributed by atoms with Gasteiger partial charge in [-0.1, -0.05) is 0 Å². The number of hydrogen-bond acceptors (Lipinski definition) is 3. The Hall–Kier alpha value is -1.25. The second kappa shape index (κ2) is 2.66. The molecule has 2 N–H and O–H groups in total. The van der Waals surface area contributed by atoms with E-state index in [9.17, 15) is 0 Å². The monoisotopic (exact) mass is 164 g/mol. The molecule has 0 unspecified atom stereocenters. The SMILES string of the molecule is Cc1cc(N)cnc1OC1CC1. The van der Waals surface area contributed by atoms with E-state index in [1.165, 1.54) is 0 Å². The van der Waals surface area contributed by atoms with Gasteiger partial charge in [-0.2, -0.15) is 0 Å².